The average Bonchev–Trinajstić information content (AvgIpc) is 2.45. The van der Waals surface area contributed by atoms with Gasteiger partial charge in [-0.25, -0.2) is 4.79 Å². The Balaban J connectivity index is 2.13. The SMILES string of the molecule is CC(C)(C)OC(=O)NC(C)(C)c1ccc(-c2cccnc2)cc1. The van der Waals surface area contributed by atoms with E-state index in [1.807, 2.05) is 77.2 Å². The molecule has 0 bridgehead atoms. The molecule has 4 nitrogen and oxygen atoms in total. The summed E-state index contributed by atoms with van der Waals surface area (Å²) >= 11 is 0. The molecule has 23 heavy (non-hydrogen) atoms. The van der Waals surface area contributed by atoms with E-state index in [1.54, 1.807) is 6.20 Å². The number of alkyl carbamates (subject to hydrolysis) is 1. The van der Waals surface area contributed by atoms with Crippen molar-refractivity contribution < 1.29 is 9.53 Å². The number of benzene rings is 1. The number of hydrogen-bond acceptors (Lipinski definition) is 3. The standard InChI is InChI=1S/C19H24N2O2/c1-18(2,3)23-17(22)21-19(4,5)16-10-8-14(9-11-16)15-7-6-12-20-13-15/h6-13H,1-5H3,(H,21,22). The highest BCUT2D eigenvalue weighted by Crippen LogP contribution is 2.25. The number of carbonyl (C=O) groups is 1. The lowest BCUT2D eigenvalue weighted by Crippen LogP contribution is -2.43. The van der Waals surface area contributed by atoms with Crippen LogP contribution in [0.15, 0.2) is 48.8 Å². The normalized spacial score (nSPS) is 11.9. The first-order chi connectivity index (χ1) is 10.7. The van der Waals surface area contributed by atoms with E-state index in [0.29, 0.717) is 0 Å². The third-order valence-electron chi connectivity index (χ3n) is 3.41. The molecule has 1 amide bonds. The largest absolute Gasteiger partial charge is 0.444 e. The van der Waals surface area contributed by atoms with E-state index in [9.17, 15) is 4.79 Å². The van der Waals surface area contributed by atoms with E-state index in [0.717, 1.165) is 16.7 Å². The molecule has 2 aromatic rings. The molecule has 4 heteroatoms. The maximum atomic E-state index is 12.0. The van der Waals surface area contributed by atoms with Crippen LogP contribution in [0.1, 0.15) is 40.2 Å². The number of ether oxygens (including phenoxy) is 1. The first kappa shape index (κ1) is 17.0. The third-order valence-corrected chi connectivity index (χ3v) is 3.41. The summed E-state index contributed by atoms with van der Waals surface area (Å²) in [5, 5.41) is 2.91. The number of nitrogens with one attached hydrogen (secondary N) is 1. The first-order valence-corrected chi connectivity index (χ1v) is 7.69. The van der Waals surface area contributed by atoms with Gasteiger partial charge in [-0.2, -0.15) is 0 Å². The molecule has 0 unspecified atom stereocenters. The molecule has 0 spiro atoms. The number of carbonyl (C=O) groups excluding carboxylic acids is 1. The van der Waals surface area contributed by atoms with Crippen LogP contribution in [0, 0.1) is 0 Å². The lowest BCUT2D eigenvalue weighted by molar-refractivity contribution is 0.0470. The van der Waals surface area contributed by atoms with Crippen molar-refractivity contribution in [3.63, 3.8) is 0 Å². The van der Waals surface area contributed by atoms with E-state index in [-0.39, 0.29) is 0 Å². The minimum Gasteiger partial charge on any atom is -0.444 e. The van der Waals surface area contributed by atoms with Crippen LogP contribution in [0.3, 0.4) is 0 Å². The molecular formula is C19H24N2O2. The second-order valence-electron chi connectivity index (χ2n) is 7.07. The maximum absolute atomic E-state index is 12.0. The molecule has 0 saturated heterocycles. The average molecular weight is 312 g/mol. The van der Waals surface area contributed by atoms with Gasteiger partial charge in [0, 0.05) is 12.4 Å². The van der Waals surface area contributed by atoms with Gasteiger partial charge >= 0.3 is 6.09 Å². The van der Waals surface area contributed by atoms with Crippen LogP contribution in [-0.2, 0) is 10.3 Å². The zero-order valence-corrected chi connectivity index (χ0v) is 14.4. The summed E-state index contributed by atoms with van der Waals surface area (Å²) in [6.07, 6.45) is 3.17. The smallest absolute Gasteiger partial charge is 0.408 e. The maximum Gasteiger partial charge on any atom is 0.408 e. The molecule has 122 valence electrons. The van der Waals surface area contributed by atoms with Gasteiger partial charge in [0.25, 0.3) is 0 Å². The number of nitrogens with zero attached hydrogens (tertiary/aromatic N) is 1. The van der Waals surface area contributed by atoms with E-state index in [4.69, 9.17) is 4.74 Å². The molecule has 0 fully saturated rings. The minimum atomic E-state index is -0.518. The molecule has 1 aromatic heterocycles. The molecule has 1 N–H and O–H groups in total. The van der Waals surface area contributed by atoms with Crippen molar-refractivity contribution in [2.75, 3.05) is 0 Å². The predicted molar refractivity (Wildman–Crippen MR) is 92.1 cm³/mol. The molecule has 0 aliphatic carbocycles. The second-order valence-corrected chi connectivity index (χ2v) is 7.07. The molecule has 0 saturated carbocycles. The summed E-state index contributed by atoms with van der Waals surface area (Å²) in [5.74, 6) is 0. The summed E-state index contributed by atoms with van der Waals surface area (Å²) < 4.78 is 5.33. The van der Waals surface area contributed by atoms with E-state index >= 15 is 0 Å². The molecule has 0 radical (unpaired) electrons. The zero-order valence-electron chi connectivity index (χ0n) is 14.4. The molecule has 1 aromatic carbocycles. The molecular weight excluding hydrogens is 288 g/mol. The van der Waals surface area contributed by atoms with Crippen molar-refractivity contribution in [1.29, 1.82) is 0 Å². The quantitative estimate of drug-likeness (QED) is 0.907. The van der Waals surface area contributed by atoms with Crippen molar-refractivity contribution in [3.05, 3.63) is 54.4 Å². The molecule has 0 aliphatic heterocycles. The monoisotopic (exact) mass is 312 g/mol. The van der Waals surface area contributed by atoms with Crippen LogP contribution in [0.4, 0.5) is 4.79 Å². The van der Waals surface area contributed by atoms with Gasteiger partial charge in [0.05, 0.1) is 5.54 Å². The van der Waals surface area contributed by atoms with Gasteiger partial charge in [-0.1, -0.05) is 30.3 Å². The minimum absolute atomic E-state index is 0.418. The lowest BCUT2D eigenvalue weighted by atomic mass is 9.93. The van der Waals surface area contributed by atoms with Gasteiger partial charge in [-0.05, 0) is 57.4 Å². The Bertz CT molecular complexity index is 656. The highest BCUT2D eigenvalue weighted by molar-refractivity contribution is 5.69. The van der Waals surface area contributed by atoms with Crippen molar-refractivity contribution in [2.24, 2.45) is 0 Å². The molecule has 1 heterocycles. The second kappa shape index (κ2) is 6.41. The Labute approximate surface area is 137 Å². The fraction of sp³-hybridized carbons (Fsp3) is 0.368. The fourth-order valence-corrected chi connectivity index (χ4v) is 2.24. The Hall–Kier alpha value is -2.36. The number of pyridine rings is 1. The summed E-state index contributed by atoms with van der Waals surface area (Å²) in [7, 11) is 0. The summed E-state index contributed by atoms with van der Waals surface area (Å²) in [6.45, 7) is 9.46. The van der Waals surface area contributed by atoms with Crippen LogP contribution < -0.4 is 5.32 Å². The van der Waals surface area contributed by atoms with E-state index < -0.39 is 17.2 Å². The van der Waals surface area contributed by atoms with Crippen molar-refractivity contribution in [1.82, 2.24) is 10.3 Å². The lowest BCUT2D eigenvalue weighted by Gasteiger charge is -2.29. The van der Waals surface area contributed by atoms with Gasteiger partial charge in [0.15, 0.2) is 0 Å². The number of rotatable bonds is 3. The topological polar surface area (TPSA) is 51.2 Å². The Kier molecular flexibility index (Phi) is 4.73. The van der Waals surface area contributed by atoms with Gasteiger partial charge in [-0.3, -0.25) is 4.98 Å². The van der Waals surface area contributed by atoms with Gasteiger partial charge in [-0.15, -0.1) is 0 Å². The Morgan fingerprint density at radius 1 is 1.00 bits per heavy atom. The van der Waals surface area contributed by atoms with Gasteiger partial charge in [0.2, 0.25) is 0 Å². The fourth-order valence-electron chi connectivity index (χ4n) is 2.24. The van der Waals surface area contributed by atoms with Gasteiger partial charge < -0.3 is 10.1 Å². The van der Waals surface area contributed by atoms with Gasteiger partial charge in [0.1, 0.15) is 5.60 Å². The molecule has 0 aliphatic rings. The van der Waals surface area contributed by atoms with Crippen LogP contribution in [0.5, 0.6) is 0 Å². The summed E-state index contributed by atoms with van der Waals surface area (Å²) in [4.78, 5) is 16.1. The van der Waals surface area contributed by atoms with E-state index in [2.05, 4.69) is 10.3 Å². The van der Waals surface area contributed by atoms with Crippen LogP contribution >= 0.6 is 0 Å². The molecule has 2 rings (SSSR count). The van der Waals surface area contributed by atoms with Crippen LogP contribution in [0.25, 0.3) is 11.1 Å². The van der Waals surface area contributed by atoms with Crippen molar-refractivity contribution in [3.8, 4) is 11.1 Å². The Morgan fingerprint density at radius 2 is 1.65 bits per heavy atom. The van der Waals surface area contributed by atoms with E-state index in [1.165, 1.54) is 0 Å². The Morgan fingerprint density at radius 3 is 2.17 bits per heavy atom. The zero-order chi connectivity index (χ0) is 17.1. The third kappa shape index (κ3) is 4.81. The number of aromatic nitrogens is 1. The van der Waals surface area contributed by atoms with Crippen LogP contribution in [0.2, 0.25) is 0 Å². The number of amides is 1. The van der Waals surface area contributed by atoms with Crippen molar-refractivity contribution >= 4 is 6.09 Å². The number of hydrogen-bond donors (Lipinski definition) is 1. The van der Waals surface area contributed by atoms with Crippen molar-refractivity contribution in [2.45, 2.75) is 45.8 Å². The summed E-state index contributed by atoms with van der Waals surface area (Å²) in [6, 6.07) is 12.0. The first-order valence-electron chi connectivity index (χ1n) is 7.69. The predicted octanol–water partition coefficient (Wildman–Crippen LogP) is 4.51. The highest BCUT2D eigenvalue weighted by Gasteiger charge is 2.26. The highest BCUT2D eigenvalue weighted by atomic mass is 16.6. The molecule has 0 atom stereocenters. The summed E-state index contributed by atoms with van der Waals surface area (Å²) in [5.41, 5.74) is 2.14. The van der Waals surface area contributed by atoms with Crippen LogP contribution in [-0.4, -0.2) is 16.7 Å².